The van der Waals surface area contributed by atoms with Crippen molar-refractivity contribution in [3.05, 3.63) is 33.8 Å². The molecule has 0 fully saturated rings. The first kappa shape index (κ1) is 12.5. The Morgan fingerprint density at radius 2 is 1.50 bits per heavy atom. The summed E-state index contributed by atoms with van der Waals surface area (Å²) in [7, 11) is 0. The maximum absolute atomic E-state index is 11.2. The fourth-order valence-corrected chi connectivity index (χ4v) is 2.13. The fraction of sp³-hybridized carbons (Fsp3) is 0.273. The van der Waals surface area contributed by atoms with E-state index in [4.69, 9.17) is 23.1 Å². The predicted molar refractivity (Wildman–Crippen MR) is 62.1 cm³/mol. The van der Waals surface area contributed by atoms with Gasteiger partial charge in [0.2, 0.25) is 11.8 Å². The maximum Gasteiger partial charge on any atom is 0.234 e. The lowest BCUT2D eigenvalue weighted by Crippen LogP contribution is -2.34. The van der Waals surface area contributed by atoms with Gasteiger partial charge in [0.15, 0.2) is 0 Å². The third-order valence-corrected chi connectivity index (χ3v) is 2.63. The Kier molecular flexibility index (Phi) is 3.55. The molecule has 0 aliphatic carbocycles. The van der Waals surface area contributed by atoms with Gasteiger partial charge in [0.25, 0.3) is 0 Å². The number of primary amides is 2. The number of hydrogen-bond donors (Lipinski definition) is 2. The minimum atomic E-state index is -1.10. The predicted octanol–water partition coefficient (Wildman–Crippen LogP) is 1.01. The standard InChI is InChI=1S/C11H13ClN2O2/c1-5-3-7(12)4-6(2)8(5)9(10(13)15)11(14)16/h3-4,9H,1-2H3,(H2,13,15)(H2,14,16). The van der Waals surface area contributed by atoms with Crippen LogP contribution in [-0.2, 0) is 9.59 Å². The van der Waals surface area contributed by atoms with Gasteiger partial charge in [-0.1, -0.05) is 11.6 Å². The quantitative estimate of drug-likeness (QED) is 0.773. The summed E-state index contributed by atoms with van der Waals surface area (Å²) in [4.78, 5) is 22.4. The van der Waals surface area contributed by atoms with Gasteiger partial charge in [-0.15, -0.1) is 0 Å². The summed E-state index contributed by atoms with van der Waals surface area (Å²) in [6.07, 6.45) is 0. The third kappa shape index (κ3) is 2.33. The van der Waals surface area contributed by atoms with E-state index in [1.54, 1.807) is 26.0 Å². The Morgan fingerprint density at radius 3 is 1.81 bits per heavy atom. The van der Waals surface area contributed by atoms with E-state index in [9.17, 15) is 9.59 Å². The number of carbonyl (C=O) groups excluding carboxylic acids is 2. The van der Waals surface area contributed by atoms with Gasteiger partial charge in [-0.05, 0) is 42.7 Å². The average Bonchev–Trinajstić information content (AvgIpc) is 2.09. The Balaban J connectivity index is 3.41. The minimum Gasteiger partial charge on any atom is -0.369 e. The molecule has 0 heterocycles. The molecule has 0 aliphatic heterocycles. The highest BCUT2D eigenvalue weighted by Gasteiger charge is 2.27. The molecule has 1 aromatic carbocycles. The first-order valence-corrected chi connectivity index (χ1v) is 5.07. The van der Waals surface area contributed by atoms with Crippen LogP contribution in [0.4, 0.5) is 0 Å². The lowest BCUT2D eigenvalue weighted by atomic mass is 9.90. The normalized spacial score (nSPS) is 10.5. The van der Waals surface area contributed by atoms with Crippen molar-refractivity contribution in [1.82, 2.24) is 0 Å². The molecule has 16 heavy (non-hydrogen) atoms. The first-order valence-electron chi connectivity index (χ1n) is 4.70. The van der Waals surface area contributed by atoms with Crippen molar-refractivity contribution in [2.24, 2.45) is 11.5 Å². The smallest absolute Gasteiger partial charge is 0.234 e. The van der Waals surface area contributed by atoms with Crippen molar-refractivity contribution in [3.63, 3.8) is 0 Å². The highest BCUT2D eigenvalue weighted by atomic mass is 35.5. The van der Waals surface area contributed by atoms with E-state index in [1.165, 1.54) is 0 Å². The van der Waals surface area contributed by atoms with Gasteiger partial charge in [-0.25, -0.2) is 0 Å². The fourth-order valence-electron chi connectivity index (χ4n) is 1.80. The van der Waals surface area contributed by atoms with Crippen LogP contribution in [0.3, 0.4) is 0 Å². The third-order valence-electron chi connectivity index (χ3n) is 2.42. The SMILES string of the molecule is Cc1cc(Cl)cc(C)c1C(C(N)=O)C(N)=O. The molecule has 5 heteroatoms. The molecular weight excluding hydrogens is 228 g/mol. The Labute approximate surface area is 98.6 Å². The summed E-state index contributed by atoms with van der Waals surface area (Å²) in [5.41, 5.74) is 12.3. The van der Waals surface area contributed by atoms with Crippen molar-refractivity contribution >= 4 is 23.4 Å². The van der Waals surface area contributed by atoms with Crippen molar-refractivity contribution in [2.45, 2.75) is 19.8 Å². The van der Waals surface area contributed by atoms with Gasteiger partial charge in [0.05, 0.1) is 0 Å². The number of nitrogens with two attached hydrogens (primary N) is 2. The lowest BCUT2D eigenvalue weighted by Gasteiger charge is -2.16. The van der Waals surface area contributed by atoms with Crippen LogP contribution in [0.1, 0.15) is 22.6 Å². The highest BCUT2D eigenvalue weighted by molar-refractivity contribution is 6.30. The van der Waals surface area contributed by atoms with Crippen molar-refractivity contribution < 1.29 is 9.59 Å². The van der Waals surface area contributed by atoms with E-state index in [-0.39, 0.29) is 0 Å². The molecule has 0 saturated heterocycles. The summed E-state index contributed by atoms with van der Waals surface area (Å²) >= 11 is 5.85. The molecule has 0 spiro atoms. The highest BCUT2D eigenvalue weighted by Crippen LogP contribution is 2.26. The van der Waals surface area contributed by atoms with Crippen LogP contribution in [-0.4, -0.2) is 11.8 Å². The van der Waals surface area contributed by atoms with Crippen LogP contribution < -0.4 is 11.5 Å². The molecule has 4 N–H and O–H groups in total. The largest absolute Gasteiger partial charge is 0.369 e. The van der Waals surface area contributed by atoms with Crippen molar-refractivity contribution in [1.29, 1.82) is 0 Å². The molecule has 2 amide bonds. The molecule has 0 unspecified atom stereocenters. The number of amides is 2. The second-order valence-electron chi connectivity index (χ2n) is 3.69. The van der Waals surface area contributed by atoms with Gasteiger partial charge in [-0.2, -0.15) is 0 Å². The van der Waals surface area contributed by atoms with Crippen LogP contribution in [0.5, 0.6) is 0 Å². The minimum absolute atomic E-state index is 0.546. The van der Waals surface area contributed by atoms with Gasteiger partial charge in [0.1, 0.15) is 5.92 Å². The summed E-state index contributed by atoms with van der Waals surface area (Å²) in [6, 6.07) is 3.34. The van der Waals surface area contributed by atoms with Gasteiger partial charge in [0, 0.05) is 5.02 Å². The Hall–Kier alpha value is -1.55. The van der Waals surface area contributed by atoms with Crippen molar-refractivity contribution in [2.75, 3.05) is 0 Å². The molecule has 0 aliphatic rings. The molecule has 1 rings (SSSR count). The van der Waals surface area contributed by atoms with E-state index in [0.717, 1.165) is 11.1 Å². The number of benzene rings is 1. The summed E-state index contributed by atoms with van der Waals surface area (Å²) < 4.78 is 0. The molecule has 0 saturated carbocycles. The Bertz CT molecular complexity index is 420. The van der Waals surface area contributed by atoms with E-state index >= 15 is 0 Å². The number of aryl methyl sites for hydroxylation is 2. The zero-order chi connectivity index (χ0) is 12.5. The monoisotopic (exact) mass is 240 g/mol. The summed E-state index contributed by atoms with van der Waals surface area (Å²) in [5, 5.41) is 0.548. The van der Waals surface area contributed by atoms with E-state index < -0.39 is 17.7 Å². The molecule has 0 atom stereocenters. The average molecular weight is 241 g/mol. The van der Waals surface area contributed by atoms with Crippen LogP contribution in [0.2, 0.25) is 5.02 Å². The number of hydrogen-bond acceptors (Lipinski definition) is 2. The van der Waals surface area contributed by atoms with Crippen molar-refractivity contribution in [3.8, 4) is 0 Å². The second kappa shape index (κ2) is 4.53. The van der Waals surface area contributed by atoms with Gasteiger partial charge < -0.3 is 11.5 Å². The van der Waals surface area contributed by atoms with Crippen LogP contribution >= 0.6 is 11.6 Å². The summed E-state index contributed by atoms with van der Waals surface area (Å²) in [5.74, 6) is -2.60. The van der Waals surface area contributed by atoms with E-state index in [1.807, 2.05) is 0 Å². The molecule has 86 valence electrons. The maximum atomic E-state index is 11.2. The molecule has 1 aromatic rings. The Morgan fingerprint density at radius 1 is 1.12 bits per heavy atom. The molecule has 0 bridgehead atoms. The van der Waals surface area contributed by atoms with Crippen LogP contribution in [0, 0.1) is 13.8 Å². The number of halogens is 1. The molecular formula is C11H13ClN2O2. The number of carbonyl (C=O) groups is 2. The molecule has 4 nitrogen and oxygen atoms in total. The second-order valence-corrected chi connectivity index (χ2v) is 4.13. The lowest BCUT2D eigenvalue weighted by molar-refractivity contribution is -0.128. The van der Waals surface area contributed by atoms with Gasteiger partial charge >= 0.3 is 0 Å². The van der Waals surface area contributed by atoms with Crippen LogP contribution in [0.25, 0.3) is 0 Å². The van der Waals surface area contributed by atoms with Crippen LogP contribution in [0.15, 0.2) is 12.1 Å². The molecule has 0 radical (unpaired) electrons. The zero-order valence-electron chi connectivity index (χ0n) is 9.08. The van der Waals surface area contributed by atoms with E-state index in [0.29, 0.717) is 10.6 Å². The van der Waals surface area contributed by atoms with Gasteiger partial charge in [-0.3, -0.25) is 9.59 Å². The first-order chi connectivity index (χ1) is 7.34. The summed E-state index contributed by atoms with van der Waals surface area (Å²) in [6.45, 7) is 3.51. The topological polar surface area (TPSA) is 86.2 Å². The molecule has 0 aromatic heterocycles. The zero-order valence-corrected chi connectivity index (χ0v) is 9.84. The number of rotatable bonds is 3. The van der Waals surface area contributed by atoms with E-state index in [2.05, 4.69) is 0 Å².